The number of carbonyl (C=O) groups excluding carboxylic acids is 2. The summed E-state index contributed by atoms with van der Waals surface area (Å²) in [6.45, 7) is 7.49. The van der Waals surface area contributed by atoms with E-state index in [1.165, 1.54) is 0 Å². The van der Waals surface area contributed by atoms with Crippen LogP contribution in [0.25, 0.3) is 0 Å². The van der Waals surface area contributed by atoms with E-state index in [2.05, 4.69) is 0 Å². The van der Waals surface area contributed by atoms with E-state index in [4.69, 9.17) is 4.74 Å². The topological polar surface area (TPSA) is 80.7 Å². The van der Waals surface area contributed by atoms with Crippen LogP contribution >= 0.6 is 0 Å². The van der Waals surface area contributed by atoms with Gasteiger partial charge in [0.2, 0.25) is 0 Å². The Labute approximate surface area is 149 Å². The summed E-state index contributed by atoms with van der Waals surface area (Å²) < 4.78 is 4.92. The van der Waals surface area contributed by atoms with Crippen LogP contribution in [0.4, 0.5) is 0 Å². The Balaban J connectivity index is 2.85. The van der Waals surface area contributed by atoms with E-state index in [-0.39, 0.29) is 12.4 Å². The first-order valence-electron chi connectivity index (χ1n) is 8.59. The summed E-state index contributed by atoms with van der Waals surface area (Å²) in [6, 6.07) is 7.05. The maximum absolute atomic E-state index is 11.9. The summed E-state index contributed by atoms with van der Waals surface area (Å²) in [4.78, 5) is 34.4. The number of benzene rings is 1. The highest BCUT2D eigenvalue weighted by atomic mass is 16.5. The molecule has 25 heavy (non-hydrogen) atoms. The van der Waals surface area contributed by atoms with Gasteiger partial charge in [-0.15, -0.1) is 0 Å². The summed E-state index contributed by atoms with van der Waals surface area (Å²) in [6.07, 6.45) is 2.80. The second-order valence-electron chi connectivity index (χ2n) is 7.28. The van der Waals surface area contributed by atoms with E-state index in [9.17, 15) is 19.5 Å². The van der Waals surface area contributed by atoms with E-state index >= 15 is 0 Å². The molecule has 0 bridgehead atoms. The van der Waals surface area contributed by atoms with Gasteiger partial charge in [0.1, 0.15) is 6.29 Å². The standard InChI is InChI=1S/C20H28O5/c1-5-25-17(22)13-15-7-9-16(10-8-15)20(4,18(23)24)12-6-11-19(2,3)14-21/h7-10,14H,5-6,11-13H2,1-4H3,(H,23,24). The number of carboxylic acids is 1. The Morgan fingerprint density at radius 3 is 2.20 bits per heavy atom. The lowest BCUT2D eigenvalue weighted by Crippen LogP contribution is -2.33. The second-order valence-corrected chi connectivity index (χ2v) is 7.28. The van der Waals surface area contributed by atoms with Crippen LogP contribution in [0.1, 0.15) is 58.1 Å². The van der Waals surface area contributed by atoms with Gasteiger partial charge in [0, 0.05) is 5.41 Å². The molecule has 5 heteroatoms. The lowest BCUT2D eigenvalue weighted by molar-refractivity contribution is -0.144. The van der Waals surface area contributed by atoms with Crippen molar-refractivity contribution < 1.29 is 24.2 Å². The third kappa shape index (κ3) is 6.00. The molecule has 1 rings (SSSR count). The molecule has 0 aromatic heterocycles. The Kier molecular flexibility index (Phi) is 7.34. The highest BCUT2D eigenvalue weighted by molar-refractivity contribution is 5.81. The van der Waals surface area contributed by atoms with E-state index in [1.807, 2.05) is 13.8 Å². The summed E-state index contributed by atoms with van der Waals surface area (Å²) in [5.41, 5.74) is 0.0122. The van der Waals surface area contributed by atoms with Gasteiger partial charge >= 0.3 is 11.9 Å². The van der Waals surface area contributed by atoms with Gasteiger partial charge in [0.15, 0.2) is 0 Å². The van der Waals surface area contributed by atoms with Crippen LogP contribution in [0, 0.1) is 5.41 Å². The van der Waals surface area contributed by atoms with E-state index in [1.54, 1.807) is 38.1 Å². The lowest BCUT2D eigenvalue weighted by atomic mass is 9.76. The number of aliphatic carboxylic acids is 1. The number of carbonyl (C=O) groups is 3. The van der Waals surface area contributed by atoms with Crippen molar-refractivity contribution in [3.63, 3.8) is 0 Å². The number of aldehydes is 1. The highest BCUT2D eigenvalue weighted by Gasteiger charge is 2.35. The molecule has 0 aliphatic heterocycles. The molecule has 1 atom stereocenters. The zero-order valence-corrected chi connectivity index (χ0v) is 15.5. The Hall–Kier alpha value is -2.17. The fraction of sp³-hybridized carbons (Fsp3) is 0.550. The molecule has 0 saturated heterocycles. The Morgan fingerprint density at radius 2 is 1.72 bits per heavy atom. The van der Waals surface area contributed by atoms with Crippen molar-refractivity contribution in [2.24, 2.45) is 5.41 Å². The molecule has 1 aromatic rings. The lowest BCUT2D eigenvalue weighted by Gasteiger charge is -2.27. The molecule has 1 N–H and O–H groups in total. The fourth-order valence-electron chi connectivity index (χ4n) is 2.70. The van der Waals surface area contributed by atoms with Crippen molar-refractivity contribution in [1.29, 1.82) is 0 Å². The number of carboxylic acid groups (broad SMARTS) is 1. The third-order valence-electron chi connectivity index (χ3n) is 4.53. The first kappa shape index (κ1) is 20.9. The summed E-state index contributed by atoms with van der Waals surface area (Å²) >= 11 is 0. The molecule has 0 amide bonds. The van der Waals surface area contributed by atoms with E-state index in [0.29, 0.717) is 31.4 Å². The van der Waals surface area contributed by atoms with Crippen molar-refractivity contribution in [2.75, 3.05) is 6.61 Å². The van der Waals surface area contributed by atoms with Gasteiger partial charge in [-0.1, -0.05) is 44.5 Å². The number of esters is 1. The SMILES string of the molecule is CCOC(=O)Cc1ccc(C(C)(CCCC(C)(C)C=O)C(=O)O)cc1. The van der Waals surface area contributed by atoms with Crippen LogP contribution in [0.5, 0.6) is 0 Å². The Bertz CT molecular complexity index is 603. The van der Waals surface area contributed by atoms with Crippen molar-refractivity contribution in [2.45, 2.75) is 58.8 Å². The molecule has 0 saturated carbocycles. The highest BCUT2D eigenvalue weighted by Crippen LogP contribution is 2.32. The molecular weight excluding hydrogens is 320 g/mol. The van der Waals surface area contributed by atoms with Crippen molar-refractivity contribution >= 4 is 18.2 Å². The van der Waals surface area contributed by atoms with Crippen LogP contribution in [0.3, 0.4) is 0 Å². The van der Waals surface area contributed by atoms with Gasteiger partial charge in [-0.05, 0) is 37.8 Å². The minimum atomic E-state index is -1.03. The van der Waals surface area contributed by atoms with Gasteiger partial charge in [0.25, 0.3) is 0 Å². The molecule has 1 unspecified atom stereocenters. The first-order valence-corrected chi connectivity index (χ1v) is 8.59. The maximum Gasteiger partial charge on any atom is 0.313 e. The van der Waals surface area contributed by atoms with Gasteiger partial charge < -0.3 is 14.6 Å². The van der Waals surface area contributed by atoms with E-state index < -0.39 is 16.8 Å². The van der Waals surface area contributed by atoms with Gasteiger partial charge in [-0.3, -0.25) is 9.59 Å². The van der Waals surface area contributed by atoms with Crippen LogP contribution in [0.2, 0.25) is 0 Å². The largest absolute Gasteiger partial charge is 0.481 e. The fourth-order valence-corrected chi connectivity index (χ4v) is 2.70. The summed E-state index contributed by atoms with van der Waals surface area (Å²) in [5, 5.41) is 9.71. The van der Waals surface area contributed by atoms with E-state index in [0.717, 1.165) is 11.8 Å². The molecule has 5 nitrogen and oxygen atoms in total. The van der Waals surface area contributed by atoms with Crippen LogP contribution < -0.4 is 0 Å². The predicted molar refractivity (Wildman–Crippen MR) is 95.5 cm³/mol. The summed E-state index contributed by atoms with van der Waals surface area (Å²) in [5.74, 6) is -1.19. The summed E-state index contributed by atoms with van der Waals surface area (Å²) in [7, 11) is 0. The van der Waals surface area contributed by atoms with Crippen LogP contribution in [0.15, 0.2) is 24.3 Å². The number of hydrogen-bond acceptors (Lipinski definition) is 4. The number of hydrogen-bond donors (Lipinski definition) is 1. The zero-order chi connectivity index (χ0) is 19.1. The quantitative estimate of drug-likeness (QED) is 0.517. The molecule has 0 radical (unpaired) electrons. The molecule has 138 valence electrons. The monoisotopic (exact) mass is 348 g/mol. The smallest absolute Gasteiger partial charge is 0.313 e. The number of ether oxygens (including phenoxy) is 1. The molecule has 0 aliphatic carbocycles. The average Bonchev–Trinajstić information content (AvgIpc) is 2.55. The normalized spacial score (nSPS) is 13.8. The minimum Gasteiger partial charge on any atom is -0.481 e. The molecule has 0 heterocycles. The number of rotatable bonds is 10. The van der Waals surface area contributed by atoms with Crippen LogP contribution in [-0.2, 0) is 31.0 Å². The van der Waals surface area contributed by atoms with Crippen molar-refractivity contribution in [1.82, 2.24) is 0 Å². The van der Waals surface area contributed by atoms with Gasteiger partial charge in [-0.2, -0.15) is 0 Å². The maximum atomic E-state index is 11.9. The molecule has 0 fully saturated rings. The first-order chi connectivity index (χ1) is 11.6. The van der Waals surface area contributed by atoms with Crippen molar-refractivity contribution in [3.05, 3.63) is 35.4 Å². The molecular formula is C20H28O5. The zero-order valence-electron chi connectivity index (χ0n) is 15.5. The molecule has 0 spiro atoms. The molecule has 1 aromatic carbocycles. The van der Waals surface area contributed by atoms with Crippen molar-refractivity contribution in [3.8, 4) is 0 Å². The average molecular weight is 348 g/mol. The van der Waals surface area contributed by atoms with Gasteiger partial charge in [0.05, 0.1) is 18.4 Å². The minimum absolute atomic E-state index is 0.172. The molecule has 0 aliphatic rings. The third-order valence-corrected chi connectivity index (χ3v) is 4.53. The van der Waals surface area contributed by atoms with Gasteiger partial charge in [-0.25, -0.2) is 0 Å². The van der Waals surface area contributed by atoms with Crippen LogP contribution in [-0.4, -0.2) is 29.9 Å². The Morgan fingerprint density at radius 1 is 1.12 bits per heavy atom. The second kappa shape index (κ2) is 8.79. The predicted octanol–water partition coefficient (Wildman–Crippen LogP) is 3.53.